The van der Waals surface area contributed by atoms with Crippen molar-refractivity contribution in [1.82, 2.24) is 10.2 Å². The van der Waals surface area contributed by atoms with Gasteiger partial charge < -0.3 is 9.73 Å². The van der Waals surface area contributed by atoms with Crippen LogP contribution in [0.3, 0.4) is 0 Å². The predicted molar refractivity (Wildman–Crippen MR) is 88.5 cm³/mol. The van der Waals surface area contributed by atoms with Crippen molar-refractivity contribution in [3.63, 3.8) is 0 Å². The number of nitrogens with zero attached hydrogens (tertiary/aromatic N) is 1. The largest absolute Gasteiger partial charge is 0.459 e. The Labute approximate surface area is 133 Å². The standard InChI is InChI=1S/C17H21BrN2O/c1-11(20-7-6-14-3-4-15(10-20)19-14)17-9-12-8-13(18)2-5-16(12)21-17/h2,5,8-9,11,14-15,19H,3-4,6-7,10H2,1H3. The molecule has 0 spiro atoms. The second-order valence-electron chi connectivity index (χ2n) is 6.43. The highest BCUT2D eigenvalue weighted by molar-refractivity contribution is 9.10. The first kappa shape index (κ1) is 13.8. The summed E-state index contributed by atoms with van der Waals surface area (Å²) in [5.41, 5.74) is 0.981. The Hall–Kier alpha value is -0.840. The summed E-state index contributed by atoms with van der Waals surface area (Å²) >= 11 is 3.53. The van der Waals surface area contributed by atoms with Crippen LogP contribution < -0.4 is 5.32 Å². The summed E-state index contributed by atoms with van der Waals surface area (Å²) < 4.78 is 7.18. The van der Waals surface area contributed by atoms with E-state index >= 15 is 0 Å². The lowest BCUT2D eigenvalue weighted by molar-refractivity contribution is 0.181. The smallest absolute Gasteiger partial charge is 0.134 e. The average Bonchev–Trinajstić information content (AvgIpc) is 3.01. The Kier molecular flexibility index (Phi) is 3.56. The Balaban J connectivity index is 1.58. The minimum absolute atomic E-state index is 0.345. The van der Waals surface area contributed by atoms with Crippen LogP contribution in [0.2, 0.25) is 0 Å². The van der Waals surface area contributed by atoms with Crippen molar-refractivity contribution in [2.24, 2.45) is 0 Å². The van der Waals surface area contributed by atoms with Gasteiger partial charge in [0, 0.05) is 35.0 Å². The van der Waals surface area contributed by atoms with E-state index in [4.69, 9.17) is 4.42 Å². The third kappa shape index (κ3) is 2.65. The summed E-state index contributed by atoms with van der Waals surface area (Å²) in [4.78, 5) is 2.57. The summed E-state index contributed by atoms with van der Waals surface area (Å²) in [7, 11) is 0. The molecule has 2 fully saturated rings. The number of likely N-dealkylation sites (tertiary alicyclic amines) is 1. The van der Waals surface area contributed by atoms with E-state index in [2.05, 4.69) is 45.2 Å². The number of rotatable bonds is 2. The van der Waals surface area contributed by atoms with Crippen molar-refractivity contribution in [3.05, 3.63) is 34.5 Å². The molecule has 1 N–H and O–H groups in total. The summed E-state index contributed by atoms with van der Waals surface area (Å²) in [5, 5.41) is 4.93. The van der Waals surface area contributed by atoms with Gasteiger partial charge in [0.25, 0.3) is 0 Å². The number of furan rings is 1. The second kappa shape index (κ2) is 5.41. The Morgan fingerprint density at radius 3 is 3.00 bits per heavy atom. The molecule has 2 saturated heterocycles. The van der Waals surface area contributed by atoms with E-state index in [1.54, 1.807) is 0 Å². The molecule has 2 aliphatic heterocycles. The molecule has 0 aliphatic carbocycles. The molecule has 3 nitrogen and oxygen atoms in total. The summed E-state index contributed by atoms with van der Waals surface area (Å²) in [6, 6.07) is 10.1. The predicted octanol–water partition coefficient (Wildman–Crippen LogP) is 4.08. The van der Waals surface area contributed by atoms with Crippen LogP contribution in [0.4, 0.5) is 0 Å². The van der Waals surface area contributed by atoms with Gasteiger partial charge in [0.05, 0.1) is 6.04 Å². The van der Waals surface area contributed by atoms with Crippen LogP contribution in [-0.2, 0) is 0 Å². The van der Waals surface area contributed by atoms with Crippen LogP contribution >= 0.6 is 15.9 Å². The van der Waals surface area contributed by atoms with Gasteiger partial charge in [0.15, 0.2) is 0 Å². The number of halogens is 1. The molecule has 2 aliphatic rings. The fourth-order valence-corrected chi connectivity index (χ4v) is 4.12. The van der Waals surface area contributed by atoms with E-state index in [-0.39, 0.29) is 0 Å². The maximum Gasteiger partial charge on any atom is 0.134 e. The van der Waals surface area contributed by atoms with Gasteiger partial charge >= 0.3 is 0 Å². The normalized spacial score (nSPS) is 27.9. The molecule has 4 heteroatoms. The molecule has 112 valence electrons. The van der Waals surface area contributed by atoms with E-state index in [0.29, 0.717) is 12.1 Å². The molecule has 21 heavy (non-hydrogen) atoms. The quantitative estimate of drug-likeness (QED) is 0.886. The third-order valence-electron chi connectivity index (χ3n) is 5.01. The molecule has 1 aromatic heterocycles. The lowest BCUT2D eigenvalue weighted by Crippen LogP contribution is -2.36. The third-order valence-corrected chi connectivity index (χ3v) is 5.50. The van der Waals surface area contributed by atoms with Crippen LogP contribution in [0.1, 0.15) is 38.0 Å². The Bertz CT molecular complexity index is 653. The van der Waals surface area contributed by atoms with Crippen LogP contribution in [0.25, 0.3) is 11.0 Å². The summed E-state index contributed by atoms with van der Waals surface area (Å²) in [6.07, 6.45) is 3.93. The van der Waals surface area contributed by atoms with Crippen LogP contribution in [0.5, 0.6) is 0 Å². The van der Waals surface area contributed by atoms with Crippen molar-refractivity contribution in [3.8, 4) is 0 Å². The van der Waals surface area contributed by atoms with Gasteiger partial charge in [-0.2, -0.15) is 0 Å². The highest BCUT2D eigenvalue weighted by Crippen LogP contribution is 2.31. The topological polar surface area (TPSA) is 28.4 Å². The van der Waals surface area contributed by atoms with E-state index in [1.165, 1.54) is 24.6 Å². The minimum Gasteiger partial charge on any atom is -0.459 e. The number of hydrogen-bond acceptors (Lipinski definition) is 3. The molecular weight excluding hydrogens is 328 g/mol. The van der Waals surface area contributed by atoms with Crippen LogP contribution in [-0.4, -0.2) is 30.1 Å². The molecule has 3 unspecified atom stereocenters. The van der Waals surface area contributed by atoms with Gasteiger partial charge in [0.1, 0.15) is 11.3 Å². The van der Waals surface area contributed by atoms with Crippen LogP contribution in [0.15, 0.2) is 33.2 Å². The fourth-order valence-electron chi connectivity index (χ4n) is 3.74. The van der Waals surface area contributed by atoms with Crippen LogP contribution in [0, 0.1) is 0 Å². The molecule has 0 amide bonds. The number of benzene rings is 1. The maximum atomic E-state index is 6.08. The monoisotopic (exact) mass is 348 g/mol. The average molecular weight is 349 g/mol. The minimum atomic E-state index is 0.345. The Morgan fingerprint density at radius 1 is 1.24 bits per heavy atom. The molecule has 4 rings (SSSR count). The van der Waals surface area contributed by atoms with Gasteiger partial charge in [-0.1, -0.05) is 15.9 Å². The molecular formula is C17H21BrN2O. The molecule has 3 heterocycles. The fraction of sp³-hybridized carbons (Fsp3) is 0.529. The van der Waals surface area contributed by atoms with E-state index in [9.17, 15) is 0 Å². The molecule has 0 saturated carbocycles. The highest BCUT2D eigenvalue weighted by Gasteiger charge is 2.32. The first-order valence-corrected chi connectivity index (χ1v) is 8.67. The van der Waals surface area contributed by atoms with Crippen molar-refractivity contribution < 1.29 is 4.42 Å². The SMILES string of the molecule is CC(c1cc2cc(Br)ccc2o1)N1CCC2CCC(C1)N2. The van der Waals surface area contributed by atoms with Gasteiger partial charge in [-0.05, 0) is 50.5 Å². The van der Waals surface area contributed by atoms with Gasteiger partial charge in [-0.25, -0.2) is 0 Å². The molecule has 2 aromatic rings. The van der Waals surface area contributed by atoms with E-state index in [0.717, 1.165) is 34.9 Å². The second-order valence-corrected chi connectivity index (χ2v) is 7.34. The van der Waals surface area contributed by atoms with Gasteiger partial charge in [-0.3, -0.25) is 4.90 Å². The lowest BCUT2D eigenvalue weighted by atomic mass is 10.1. The van der Waals surface area contributed by atoms with Crippen molar-refractivity contribution in [2.75, 3.05) is 13.1 Å². The van der Waals surface area contributed by atoms with E-state index in [1.807, 2.05) is 12.1 Å². The zero-order valence-corrected chi connectivity index (χ0v) is 13.9. The first-order valence-electron chi connectivity index (χ1n) is 7.88. The molecule has 0 radical (unpaired) electrons. The van der Waals surface area contributed by atoms with Crippen molar-refractivity contribution in [2.45, 2.75) is 44.3 Å². The summed E-state index contributed by atoms with van der Waals surface area (Å²) in [5.74, 6) is 1.08. The first-order chi connectivity index (χ1) is 10.2. The molecule has 3 atom stereocenters. The summed E-state index contributed by atoms with van der Waals surface area (Å²) in [6.45, 7) is 4.57. The lowest BCUT2D eigenvalue weighted by Gasteiger charge is -2.28. The van der Waals surface area contributed by atoms with Crippen molar-refractivity contribution in [1.29, 1.82) is 0 Å². The number of fused-ring (bicyclic) bond motifs is 3. The maximum absolute atomic E-state index is 6.08. The van der Waals surface area contributed by atoms with Gasteiger partial charge in [0.2, 0.25) is 0 Å². The van der Waals surface area contributed by atoms with Crippen molar-refractivity contribution >= 4 is 26.9 Å². The number of hydrogen-bond donors (Lipinski definition) is 1. The van der Waals surface area contributed by atoms with Gasteiger partial charge in [-0.15, -0.1) is 0 Å². The van der Waals surface area contributed by atoms with E-state index < -0.39 is 0 Å². The molecule has 2 bridgehead atoms. The zero-order valence-electron chi connectivity index (χ0n) is 12.3. The molecule has 1 aromatic carbocycles. The zero-order chi connectivity index (χ0) is 14.4. The Morgan fingerprint density at radius 2 is 2.10 bits per heavy atom. The number of nitrogens with one attached hydrogen (secondary N) is 1. The highest BCUT2D eigenvalue weighted by atomic mass is 79.9.